The molecule has 1 aliphatic rings. The Morgan fingerprint density at radius 3 is 2.36 bits per heavy atom. The summed E-state index contributed by atoms with van der Waals surface area (Å²) >= 11 is 0. The highest BCUT2D eigenvalue weighted by atomic mass is 19.1. The van der Waals surface area contributed by atoms with E-state index < -0.39 is 17.6 Å². The number of ketones is 1. The Morgan fingerprint density at radius 1 is 1.06 bits per heavy atom. The summed E-state index contributed by atoms with van der Waals surface area (Å²) in [7, 11) is 0. The molecule has 0 bridgehead atoms. The van der Waals surface area contributed by atoms with E-state index in [4.69, 9.17) is 4.52 Å². The van der Waals surface area contributed by atoms with Gasteiger partial charge < -0.3 is 14.9 Å². The van der Waals surface area contributed by atoms with Crippen molar-refractivity contribution in [1.82, 2.24) is 5.16 Å². The Labute approximate surface area is 191 Å². The molecule has 170 valence electrons. The Morgan fingerprint density at radius 2 is 1.76 bits per heavy atom. The number of nitrogens with zero attached hydrogens (tertiary/aromatic N) is 1. The molecular formula is C26H25FN2O4. The Bertz CT molecular complexity index is 1120. The second-order valence-corrected chi connectivity index (χ2v) is 8.23. The first-order valence-electron chi connectivity index (χ1n) is 11.0. The number of benzene rings is 2. The maximum Gasteiger partial charge on any atom is 0.227 e. The third-order valence-corrected chi connectivity index (χ3v) is 6.12. The number of carbonyl (C=O) groups excluding carboxylic acids is 2. The van der Waals surface area contributed by atoms with Crippen LogP contribution in [-0.4, -0.2) is 28.4 Å². The van der Waals surface area contributed by atoms with Gasteiger partial charge in [-0.3, -0.25) is 9.59 Å². The normalized spacial score (nSPS) is 16.0. The molecule has 1 unspecified atom stereocenters. The van der Waals surface area contributed by atoms with Crippen molar-refractivity contribution in [2.45, 2.75) is 38.1 Å². The van der Waals surface area contributed by atoms with Crippen molar-refractivity contribution in [3.63, 3.8) is 0 Å². The highest BCUT2D eigenvalue weighted by molar-refractivity contribution is 6.35. The van der Waals surface area contributed by atoms with Gasteiger partial charge in [0.25, 0.3) is 0 Å². The zero-order chi connectivity index (χ0) is 23.2. The third kappa shape index (κ3) is 5.19. The van der Waals surface area contributed by atoms with Gasteiger partial charge in [0, 0.05) is 22.9 Å². The van der Waals surface area contributed by atoms with Crippen LogP contribution in [0.2, 0.25) is 0 Å². The molecule has 3 aromatic rings. The van der Waals surface area contributed by atoms with Crippen LogP contribution in [0.4, 0.5) is 10.1 Å². The molecule has 1 aromatic heterocycles. The van der Waals surface area contributed by atoms with E-state index >= 15 is 0 Å². The van der Waals surface area contributed by atoms with E-state index in [1.165, 1.54) is 30.5 Å². The summed E-state index contributed by atoms with van der Waals surface area (Å²) in [5.41, 5.74) is 2.60. The van der Waals surface area contributed by atoms with Crippen LogP contribution >= 0.6 is 0 Å². The number of nitrogens with one attached hydrogen (secondary N) is 1. The lowest BCUT2D eigenvalue weighted by Crippen LogP contribution is -2.36. The van der Waals surface area contributed by atoms with Crippen molar-refractivity contribution in [1.29, 1.82) is 0 Å². The molecule has 1 heterocycles. The van der Waals surface area contributed by atoms with E-state index in [9.17, 15) is 19.1 Å². The first kappa shape index (κ1) is 22.5. The molecule has 0 saturated heterocycles. The Balaban J connectivity index is 1.72. The highest BCUT2D eigenvalue weighted by Gasteiger charge is 2.33. The largest absolute Gasteiger partial charge is 0.507 e. The number of carbonyl (C=O) groups is 2. The van der Waals surface area contributed by atoms with Crippen molar-refractivity contribution in [3.05, 3.63) is 77.8 Å². The number of anilines is 1. The SMILES string of the molecule is O=CC(=O)C(=C(O)c1ccc(F)cc1)C(Nc1ccc(-c2ccon2)cc1)C1CCCCC1. The van der Waals surface area contributed by atoms with Crippen molar-refractivity contribution in [2.75, 3.05) is 5.32 Å². The van der Waals surface area contributed by atoms with Gasteiger partial charge >= 0.3 is 0 Å². The smallest absolute Gasteiger partial charge is 0.227 e. The van der Waals surface area contributed by atoms with Gasteiger partial charge in [0.05, 0.1) is 11.6 Å². The fraction of sp³-hybridized carbons (Fsp3) is 0.269. The number of halogens is 1. The Kier molecular flexibility index (Phi) is 6.98. The predicted octanol–water partition coefficient (Wildman–Crippen LogP) is 5.58. The highest BCUT2D eigenvalue weighted by Crippen LogP contribution is 2.34. The lowest BCUT2D eigenvalue weighted by molar-refractivity contribution is -0.127. The number of rotatable bonds is 8. The van der Waals surface area contributed by atoms with Crippen LogP contribution in [0.15, 0.2) is 71.0 Å². The second-order valence-electron chi connectivity index (χ2n) is 8.23. The summed E-state index contributed by atoms with van der Waals surface area (Å²) in [6.45, 7) is 0. The molecule has 0 aliphatic heterocycles. The van der Waals surface area contributed by atoms with E-state index in [0.717, 1.165) is 43.4 Å². The van der Waals surface area contributed by atoms with Crippen LogP contribution in [0.1, 0.15) is 37.7 Å². The van der Waals surface area contributed by atoms with Crippen LogP contribution in [0.3, 0.4) is 0 Å². The summed E-state index contributed by atoms with van der Waals surface area (Å²) in [6.07, 6.45) is 6.57. The summed E-state index contributed by atoms with van der Waals surface area (Å²) in [4.78, 5) is 24.3. The standard InChI is InChI=1S/C26H25FN2O4/c27-20-10-6-19(7-11-20)26(32)24(23(31)16-30)25(18-4-2-1-3-5-18)28-21-12-8-17(9-13-21)22-14-15-33-29-22/h6-16,18,25,28,32H,1-5H2. The van der Waals surface area contributed by atoms with Gasteiger partial charge in [-0.1, -0.05) is 36.6 Å². The van der Waals surface area contributed by atoms with Gasteiger partial charge in [-0.25, -0.2) is 4.39 Å². The first-order chi connectivity index (χ1) is 16.1. The summed E-state index contributed by atoms with van der Waals surface area (Å²) < 4.78 is 18.3. The molecule has 7 heteroatoms. The van der Waals surface area contributed by atoms with E-state index in [1.807, 2.05) is 24.3 Å². The molecule has 0 radical (unpaired) electrons. The molecule has 2 N–H and O–H groups in total. The number of aliphatic hydroxyl groups is 1. The third-order valence-electron chi connectivity index (χ3n) is 6.12. The number of hydrogen-bond donors (Lipinski definition) is 2. The van der Waals surface area contributed by atoms with E-state index in [0.29, 0.717) is 5.69 Å². The summed E-state index contributed by atoms with van der Waals surface area (Å²) in [5, 5.41) is 18.4. The molecule has 0 amide bonds. The minimum absolute atomic E-state index is 0.00378. The van der Waals surface area contributed by atoms with Gasteiger partial charge in [-0.2, -0.15) is 0 Å². The van der Waals surface area contributed by atoms with Crippen LogP contribution in [0.5, 0.6) is 0 Å². The number of aliphatic hydroxyl groups excluding tert-OH is 1. The molecule has 1 atom stereocenters. The molecule has 1 fully saturated rings. The minimum Gasteiger partial charge on any atom is -0.507 e. The molecule has 6 nitrogen and oxygen atoms in total. The molecule has 2 aromatic carbocycles. The van der Waals surface area contributed by atoms with Gasteiger partial charge in [0.1, 0.15) is 23.5 Å². The number of hydrogen-bond acceptors (Lipinski definition) is 6. The average molecular weight is 448 g/mol. The van der Waals surface area contributed by atoms with E-state index in [2.05, 4.69) is 10.5 Å². The van der Waals surface area contributed by atoms with Crippen LogP contribution in [0, 0.1) is 11.7 Å². The molecule has 0 spiro atoms. The average Bonchev–Trinajstić information content (AvgIpc) is 3.40. The van der Waals surface area contributed by atoms with Gasteiger partial charge in [0.15, 0.2) is 6.29 Å². The first-order valence-corrected chi connectivity index (χ1v) is 11.0. The van der Waals surface area contributed by atoms with Gasteiger partial charge in [-0.15, -0.1) is 0 Å². The number of Topliss-reactive ketones (excluding diaryl/α,β-unsaturated/α-hetero) is 1. The lowest BCUT2D eigenvalue weighted by Gasteiger charge is -2.33. The van der Waals surface area contributed by atoms with Crippen molar-refractivity contribution in [3.8, 4) is 11.3 Å². The monoisotopic (exact) mass is 448 g/mol. The van der Waals surface area contributed by atoms with Gasteiger partial charge in [-0.05, 0) is 55.2 Å². The topological polar surface area (TPSA) is 92.4 Å². The summed E-state index contributed by atoms with van der Waals surface area (Å²) in [5.74, 6) is -1.51. The minimum atomic E-state index is -0.792. The van der Waals surface area contributed by atoms with Crippen LogP contribution in [-0.2, 0) is 9.59 Å². The van der Waals surface area contributed by atoms with E-state index in [1.54, 1.807) is 6.07 Å². The zero-order valence-corrected chi connectivity index (χ0v) is 18.0. The van der Waals surface area contributed by atoms with Crippen LogP contribution in [0.25, 0.3) is 17.0 Å². The quantitative estimate of drug-likeness (QED) is 0.202. The zero-order valence-electron chi connectivity index (χ0n) is 18.0. The van der Waals surface area contributed by atoms with Crippen molar-refractivity contribution < 1.29 is 23.6 Å². The van der Waals surface area contributed by atoms with Gasteiger partial charge in [0.2, 0.25) is 5.78 Å². The van der Waals surface area contributed by atoms with Crippen LogP contribution < -0.4 is 5.32 Å². The molecular weight excluding hydrogens is 423 g/mol. The fourth-order valence-electron chi connectivity index (χ4n) is 4.42. The molecule has 33 heavy (non-hydrogen) atoms. The predicted molar refractivity (Wildman–Crippen MR) is 123 cm³/mol. The molecule has 1 aliphatic carbocycles. The maximum atomic E-state index is 13.4. The van der Waals surface area contributed by atoms with Crippen molar-refractivity contribution >= 4 is 23.5 Å². The maximum absolute atomic E-state index is 13.4. The second kappa shape index (κ2) is 10.3. The molecule has 4 rings (SSSR count). The summed E-state index contributed by atoms with van der Waals surface area (Å²) in [6, 6.07) is 13.9. The number of aldehydes is 1. The van der Waals surface area contributed by atoms with Crippen molar-refractivity contribution in [2.24, 2.45) is 5.92 Å². The number of aromatic nitrogens is 1. The van der Waals surface area contributed by atoms with E-state index in [-0.39, 0.29) is 29.1 Å². The lowest BCUT2D eigenvalue weighted by atomic mass is 9.79. The fourth-order valence-corrected chi connectivity index (χ4v) is 4.42. The Hall–Kier alpha value is -3.74. The molecule has 1 saturated carbocycles.